The second-order valence-corrected chi connectivity index (χ2v) is 7.21. The first-order chi connectivity index (χ1) is 9.01. The van der Waals surface area contributed by atoms with Gasteiger partial charge in [0.2, 0.25) is 0 Å². The summed E-state index contributed by atoms with van der Waals surface area (Å²) >= 11 is 0. The van der Waals surface area contributed by atoms with Crippen LogP contribution in [0.4, 0.5) is 0 Å². The summed E-state index contributed by atoms with van der Waals surface area (Å²) in [6.07, 6.45) is 9.09. The Morgan fingerprint density at radius 3 is 2.47 bits per heavy atom. The van der Waals surface area contributed by atoms with Crippen LogP contribution >= 0.6 is 0 Å². The van der Waals surface area contributed by atoms with Gasteiger partial charge in [0.25, 0.3) is 0 Å². The highest BCUT2D eigenvalue weighted by atomic mass is 16.3. The molecule has 112 valence electrons. The minimum atomic E-state index is -0.116. The third-order valence-corrected chi connectivity index (χ3v) is 5.49. The van der Waals surface area contributed by atoms with E-state index >= 15 is 0 Å². The number of hydrogen-bond acceptors (Lipinski definition) is 3. The molecule has 2 atom stereocenters. The van der Waals surface area contributed by atoms with E-state index in [0.29, 0.717) is 6.04 Å². The van der Waals surface area contributed by atoms with Crippen LogP contribution in [0.1, 0.15) is 58.8 Å². The van der Waals surface area contributed by atoms with Crippen molar-refractivity contribution in [3.8, 4) is 0 Å². The van der Waals surface area contributed by atoms with E-state index in [1.54, 1.807) is 0 Å². The minimum absolute atomic E-state index is 0.0648. The monoisotopic (exact) mass is 268 g/mol. The maximum atomic E-state index is 9.71. The molecule has 0 bridgehead atoms. The van der Waals surface area contributed by atoms with Gasteiger partial charge >= 0.3 is 0 Å². The Balaban J connectivity index is 1.57. The summed E-state index contributed by atoms with van der Waals surface area (Å²) in [5, 5.41) is 13.3. The molecule has 0 amide bonds. The zero-order chi connectivity index (χ0) is 13.9. The van der Waals surface area contributed by atoms with E-state index in [1.807, 2.05) is 0 Å². The Hall–Kier alpha value is -0.120. The van der Waals surface area contributed by atoms with E-state index in [2.05, 4.69) is 31.1 Å². The van der Waals surface area contributed by atoms with E-state index in [9.17, 15) is 5.11 Å². The Morgan fingerprint density at radius 1 is 1.21 bits per heavy atom. The van der Waals surface area contributed by atoms with Gasteiger partial charge in [-0.05, 0) is 45.8 Å². The fraction of sp³-hybridized carbons (Fsp3) is 1.00. The maximum Gasteiger partial charge on any atom is 0.0621 e. The second-order valence-electron chi connectivity index (χ2n) is 7.21. The molecule has 2 unspecified atom stereocenters. The normalized spacial score (nSPS) is 31.4. The lowest BCUT2D eigenvalue weighted by molar-refractivity contribution is -0.0723. The van der Waals surface area contributed by atoms with Crippen molar-refractivity contribution in [2.24, 2.45) is 5.41 Å². The summed E-state index contributed by atoms with van der Waals surface area (Å²) in [5.41, 5.74) is 0.0648. The van der Waals surface area contributed by atoms with Crippen molar-refractivity contribution in [3.63, 3.8) is 0 Å². The molecule has 0 heterocycles. The van der Waals surface area contributed by atoms with Gasteiger partial charge in [0.15, 0.2) is 0 Å². The van der Waals surface area contributed by atoms with Crippen molar-refractivity contribution < 1.29 is 5.11 Å². The first kappa shape index (κ1) is 15.3. The molecule has 2 aliphatic rings. The number of nitrogens with one attached hydrogen (secondary N) is 1. The average molecular weight is 268 g/mol. The van der Waals surface area contributed by atoms with Crippen LogP contribution in [0.5, 0.6) is 0 Å². The maximum absolute atomic E-state index is 9.71. The lowest BCUT2D eigenvalue weighted by Gasteiger charge is -2.49. The average Bonchev–Trinajstić information content (AvgIpc) is 2.43. The molecule has 3 heteroatoms. The SMILES string of the molecule is CN(CCCNC1CC(O)C1(C)C)C1CCCCC1. The van der Waals surface area contributed by atoms with Crippen molar-refractivity contribution in [1.29, 1.82) is 0 Å². The van der Waals surface area contributed by atoms with Gasteiger partial charge in [-0.1, -0.05) is 33.1 Å². The summed E-state index contributed by atoms with van der Waals surface area (Å²) < 4.78 is 0. The van der Waals surface area contributed by atoms with Gasteiger partial charge in [-0.3, -0.25) is 0 Å². The summed E-state index contributed by atoms with van der Waals surface area (Å²) in [6.45, 7) is 6.60. The van der Waals surface area contributed by atoms with Crippen molar-refractivity contribution in [1.82, 2.24) is 10.2 Å². The molecule has 0 aromatic carbocycles. The largest absolute Gasteiger partial charge is 0.392 e. The summed E-state index contributed by atoms with van der Waals surface area (Å²) in [4.78, 5) is 2.56. The molecule has 0 radical (unpaired) electrons. The third-order valence-electron chi connectivity index (χ3n) is 5.49. The second kappa shape index (κ2) is 6.55. The highest BCUT2D eigenvalue weighted by Crippen LogP contribution is 2.40. The molecule has 0 aromatic heterocycles. The van der Waals surface area contributed by atoms with E-state index in [4.69, 9.17) is 0 Å². The van der Waals surface area contributed by atoms with E-state index in [1.165, 1.54) is 45.1 Å². The van der Waals surface area contributed by atoms with Crippen molar-refractivity contribution in [2.75, 3.05) is 20.1 Å². The van der Waals surface area contributed by atoms with Crippen molar-refractivity contribution in [2.45, 2.75) is 77.0 Å². The Morgan fingerprint density at radius 2 is 1.89 bits per heavy atom. The van der Waals surface area contributed by atoms with Crippen LogP contribution in [0.2, 0.25) is 0 Å². The molecule has 2 aliphatic carbocycles. The molecule has 2 rings (SSSR count). The van der Waals surface area contributed by atoms with Crippen LogP contribution in [0, 0.1) is 5.41 Å². The highest BCUT2D eigenvalue weighted by molar-refractivity contribution is 5.01. The molecule has 19 heavy (non-hydrogen) atoms. The predicted octanol–water partition coefficient (Wildman–Crippen LogP) is 2.39. The van der Waals surface area contributed by atoms with Gasteiger partial charge in [-0.25, -0.2) is 0 Å². The van der Waals surface area contributed by atoms with Crippen molar-refractivity contribution in [3.05, 3.63) is 0 Å². The van der Waals surface area contributed by atoms with Crippen LogP contribution in [0.25, 0.3) is 0 Å². The first-order valence-corrected chi connectivity index (χ1v) is 8.13. The molecule has 0 saturated heterocycles. The van der Waals surface area contributed by atoms with Crippen LogP contribution in [-0.4, -0.2) is 48.3 Å². The van der Waals surface area contributed by atoms with Gasteiger partial charge < -0.3 is 15.3 Å². The molecule has 2 fully saturated rings. The molecule has 2 saturated carbocycles. The molecule has 0 aliphatic heterocycles. The molecule has 0 aromatic rings. The summed E-state index contributed by atoms with van der Waals surface area (Å²) in [5.74, 6) is 0. The van der Waals surface area contributed by atoms with Gasteiger partial charge in [-0.15, -0.1) is 0 Å². The summed E-state index contributed by atoms with van der Waals surface area (Å²) in [7, 11) is 2.28. The molecular formula is C16H32N2O. The molecule has 2 N–H and O–H groups in total. The van der Waals surface area contributed by atoms with Gasteiger partial charge in [-0.2, -0.15) is 0 Å². The van der Waals surface area contributed by atoms with Crippen LogP contribution in [0.15, 0.2) is 0 Å². The zero-order valence-electron chi connectivity index (χ0n) is 13.0. The van der Waals surface area contributed by atoms with Gasteiger partial charge in [0, 0.05) is 17.5 Å². The first-order valence-electron chi connectivity index (χ1n) is 8.13. The van der Waals surface area contributed by atoms with E-state index in [0.717, 1.165) is 19.0 Å². The number of nitrogens with zero attached hydrogens (tertiary/aromatic N) is 1. The van der Waals surface area contributed by atoms with Gasteiger partial charge in [0.1, 0.15) is 0 Å². The quantitative estimate of drug-likeness (QED) is 0.726. The van der Waals surface area contributed by atoms with Gasteiger partial charge in [0.05, 0.1) is 6.10 Å². The predicted molar refractivity (Wildman–Crippen MR) is 80.3 cm³/mol. The lowest BCUT2D eigenvalue weighted by atomic mass is 9.64. The van der Waals surface area contributed by atoms with E-state index in [-0.39, 0.29) is 11.5 Å². The van der Waals surface area contributed by atoms with Crippen LogP contribution in [0.3, 0.4) is 0 Å². The van der Waals surface area contributed by atoms with E-state index < -0.39 is 0 Å². The Bertz CT molecular complexity index is 274. The van der Waals surface area contributed by atoms with Crippen LogP contribution < -0.4 is 5.32 Å². The zero-order valence-corrected chi connectivity index (χ0v) is 13.0. The topological polar surface area (TPSA) is 35.5 Å². The fourth-order valence-electron chi connectivity index (χ4n) is 3.56. The third kappa shape index (κ3) is 3.71. The molecule has 3 nitrogen and oxygen atoms in total. The molecule has 0 spiro atoms. The number of aliphatic hydroxyl groups excluding tert-OH is 1. The summed E-state index contributed by atoms with van der Waals surface area (Å²) in [6, 6.07) is 1.33. The highest BCUT2D eigenvalue weighted by Gasteiger charge is 2.46. The minimum Gasteiger partial charge on any atom is -0.392 e. The molecular weight excluding hydrogens is 236 g/mol. The fourth-order valence-corrected chi connectivity index (χ4v) is 3.56. The number of rotatable bonds is 6. The standard InChI is InChI=1S/C16H32N2O/c1-16(2)14(12-15(16)19)17-10-7-11-18(3)13-8-5-4-6-9-13/h13-15,17,19H,4-12H2,1-3H3. The van der Waals surface area contributed by atoms with Crippen LogP contribution in [-0.2, 0) is 0 Å². The number of hydrogen-bond donors (Lipinski definition) is 2. The van der Waals surface area contributed by atoms with Crippen molar-refractivity contribution >= 4 is 0 Å². The Labute approximate surface area is 118 Å². The smallest absolute Gasteiger partial charge is 0.0621 e. The Kier molecular flexibility index (Phi) is 5.27. The lowest BCUT2D eigenvalue weighted by Crippen LogP contribution is -2.60. The number of aliphatic hydroxyl groups is 1.